The van der Waals surface area contributed by atoms with E-state index < -0.39 is 5.97 Å². The van der Waals surface area contributed by atoms with E-state index in [1.54, 1.807) is 36.4 Å². The van der Waals surface area contributed by atoms with Crippen LogP contribution in [0.25, 0.3) is 11.1 Å². The molecule has 0 aliphatic carbocycles. The van der Waals surface area contributed by atoms with Gasteiger partial charge in [-0.3, -0.25) is 4.79 Å². The Kier molecular flexibility index (Phi) is 12.0. The highest BCUT2D eigenvalue weighted by Crippen LogP contribution is 2.31. The van der Waals surface area contributed by atoms with Gasteiger partial charge in [-0.2, -0.15) is 0 Å². The van der Waals surface area contributed by atoms with Crippen molar-refractivity contribution in [3.63, 3.8) is 0 Å². The highest BCUT2D eigenvalue weighted by molar-refractivity contribution is 7.10. The lowest BCUT2D eigenvalue weighted by Gasteiger charge is -2.16. The first-order valence-corrected chi connectivity index (χ1v) is 16.0. The third kappa shape index (κ3) is 9.43. The molecule has 0 unspecified atom stereocenters. The van der Waals surface area contributed by atoms with Crippen LogP contribution in [-0.2, 0) is 18.0 Å². The molecule has 0 radical (unpaired) electrons. The van der Waals surface area contributed by atoms with Gasteiger partial charge in [0.05, 0.1) is 17.8 Å². The van der Waals surface area contributed by atoms with Crippen molar-refractivity contribution in [3.05, 3.63) is 99.7 Å². The lowest BCUT2D eigenvalue weighted by atomic mass is 9.90. The molecule has 1 aromatic heterocycles. The van der Waals surface area contributed by atoms with Crippen LogP contribution < -0.4 is 14.8 Å². The van der Waals surface area contributed by atoms with Crippen LogP contribution >= 0.6 is 11.3 Å². The number of amides is 1. The molecule has 4 aromatic rings. The molecule has 0 aliphatic heterocycles. The minimum absolute atomic E-state index is 0.0890. The van der Waals surface area contributed by atoms with Crippen molar-refractivity contribution in [2.24, 2.45) is 0 Å². The standard InChI is InChI=1S/C36H42N2O5S/c1-5-7-26(8-6-2)27-13-16-31(17-14-27)42-22-25-9-11-28(12-10-25)30-19-32(44-24-30)23-43-34-20-29(36(40)41)15-18-33(34)37-35(39)21-38(3)4/h9-20,24,26H,5-8,21-23H2,1-4H3,(H,37,39)(H,40,41). The minimum Gasteiger partial charge on any atom is -0.489 e. The summed E-state index contributed by atoms with van der Waals surface area (Å²) in [4.78, 5) is 26.6. The maximum Gasteiger partial charge on any atom is 0.335 e. The van der Waals surface area contributed by atoms with Gasteiger partial charge in [-0.1, -0.05) is 63.1 Å². The summed E-state index contributed by atoms with van der Waals surface area (Å²) in [5, 5.41) is 14.3. The van der Waals surface area contributed by atoms with Crippen molar-refractivity contribution < 1.29 is 24.2 Å². The molecule has 1 heterocycles. The molecule has 0 spiro atoms. The molecule has 44 heavy (non-hydrogen) atoms. The van der Waals surface area contributed by atoms with E-state index in [4.69, 9.17) is 9.47 Å². The van der Waals surface area contributed by atoms with Crippen molar-refractivity contribution in [2.75, 3.05) is 26.0 Å². The number of anilines is 1. The Morgan fingerprint density at radius 3 is 2.20 bits per heavy atom. The lowest BCUT2D eigenvalue weighted by Crippen LogP contribution is -2.27. The molecule has 1 amide bonds. The van der Waals surface area contributed by atoms with E-state index in [2.05, 4.69) is 79.1 Å². The number of carbonyl (C=O) groups is 2. The van der Waals surface area contributed by atoms with Crippen molar-refractivity contribution in [3.8, 4) is 22.6 Å². The number of carboxylic acids is 1. The Morgan fingerprint density at radius 1 is 0.864 bits per heavy atom. The van der Waals surface area contributed by atoms with Gasteiger partial charge in [0, 0.05) is 4.88 Å². The normalized spacial score (nSPS) is 11.1. The summed E-state index contributed by atoms with van der Waals surface area (Å²) >= 11 is 1.56. The summed E-state index contributed by atoms with van der Waals surface area (Å²) < 4.78 is 12.1. The van der Waals surface area contributed by atoms with Gasteiger partial charge in [-0.05, 0) is 96.9 Å². The van der Waals surface area contributed by atoms with Crippen LogP contribution in [0.1, 0.15) is 71.8 Å². The summed E-state index contributed by atoms with van der Waals surface area (Å²) in [5.74, 6) is 0.538. The number of rotatable bonds is 16. The molecule has 4 rings (SSSR count). The average molecular weight is 615 g/mol. The zero-order valence-corrected chi connectivity index (χ0v) is 26.8. The number of nitrogens with zero attached hydrogens (tertiary/aromatic N) is 1. The van der Waals surface area contributed by atoms with Crippen molar-refractivity contribution in [2.45, 2.75) is 58.7 Å². The predicted octanol–water partition coefficient (Wildman–Crippen LogP) is 8.46. The number of carboxylic acid groups (broad SMARTS) is 1. The molecule has 0 saturated heterocycles. The molecular weight excluding hydrogens is 572 g/mol. The van der Waals surface area contributed by atoms with Crippen LogP contribution in [0.5, 0.6) is 11.5 Å². The van der Waals surface area contributed by atoms with Gasteiger partial charge in [-0.15, -0.1) is 11.3 Å². The number of benzene rings is 3. The number of nitrogens with one attached hydrogen (secondary N) is 1. The summed E-state index contributed by atoms with van der Waals surface area (Å²) in [7, 11) is 3.60. The van der Waals surface area contributed by atoms with Gasteiger partial charge >= 0.3 is 5.97 Å². The third-order valence-electron chi connectivity index (χ3n) is 7.30. The molecule has 232 valence electrons. The third-order valence-corrected chi connectivity index (χ3v) is 8.21. The fraction of sp³-hybridized carbons (Fsp3) is 0.333. The largest absolute Gasteiger partial charge is 0.489 e. The van der Waals surface area contributed by atoms with Crippen molar-refractivity contribution >= 4 is 28.9 Å². The van der Waals surface area contributed by atoms with Crippen LogP contribution in [0.4, 0.5) is 5.69 Å². The van der Waals surface area contributed by atoms with E-state index in [9.17, 15) is 14.7 Å². The predicted molar refractivity (Wildman–Crippen MR) is 178 cm³/mol. The summed E-state index contributed by atoms with van der Waals surface area (Å²) in [6.07, 6.45) is 4.83. The first kappa shape index (κ1) is 32.8. The number of likely N-dealkylation sites (N-methyl/N-ethyl adjacent to an activating group) is 1. The van der Waals surface area contributed by atoms with E-state index in [0.717, 1.165) is 27.3 Å². The first-order chi connectivity index (χ1) is 21.2. The van der Waals surface area contributed by atoms with Gasteiger partial charge in [0.1, 0.15) is 24.7 Å². The maximum atomic E-state index is 12.3. The second-order valence-corrected chi connectivity index (χ2v) is 12.2. The highest BCUT2D eigenvalue weighted by atomic mass is 32.1. The number of carbonyl (C=O) groups excluding carboxylic acids is 1. The second kappa shape index (κ2) is 16.1. The van der Waals surface area contributed by atoms with E-state index in [0.29, 0.717) is 24.0 Å². The number of ether oxygens (including phenoxy) is 2. The maximum absolute atomic E-state index is 12.3. The molecule has 0 bridgehead atoms. The zero-order valence-electron chi connectivity index (χ0n) is 26.0. The van der Waals surface area contributed by atoms with E-state index in [1.165, 1.54) is 43.4 Å². The Bertz CT molecular complexity index is 1510. The topological polar surface area (TPSA) is 88.1 Å². The number of hydrogen-bond donors (Lipinski definition) is 2. The van der Waals surface area contributed by atoms with E-state index in [-0.39, 0.29) is 24.6 Å². The van der Waals surface area contributed by atoms with Crippen LogP contribution in [0.3, 0.4) is 0 Å². The van der Waals surface area contributed by atoms with Gasteiger partial charge in [0.2, 0.25) is 5.91 Å². The molecule has 0 atom stereocenters. The zero-order chi connectivity index (χ0) is 31.5. The smallest absolute Gasteiger partial charge is 0.335 e. The second-order valence-electron chi connectivity index (χ2n) is 11.2. The lowest BCUT2D eigenvalue weighted by molar-refractivity contribution is -0.116. The fourth-order valence-corrected chi connectivity index (χ4v) is 5.89. The van der Waals surface area contributed by atoms with Gasteiger partial charge < -0.3 is 24.8 Å². The van der Waals surface area contributed by atoms with Crippen molar-refractivity contribution in [1.29, 1.82) is 0 Å². The molecule has 0 fully saturated rings. The highest BCUT2D eigenvalue weighted by Gasteiger charge is 2.14. The Labute approximate surface area is 264 Å². The summed E-state index contributed by atoms with van der Waals surface area (Å²) in [6.45, 7) is 5.43. The van der Waals surface area contributed by atoms with Crippen LogP contribution in [0.2, 0.25) is 0 Å². The van der Waals surface area contributed by atoms with Crippen molar-refractivity contribution in [1.82, 2.24) is 4.90 Å². The molecule has 2 N–H and O–H groups in total. The Hall–Kier alpha value is -4.14. The Balaban J connectivity index is 1.35. The van der Waals surface area contributed by atoms with Gasteiger partial charge in [0.25, 0.3) is 0 Å². The molecular formula is C36H42N2O5S. The first-order valence-electron chi connectivity index (χ1n) is 15.1. The number of aromatic carboxylic acids is 1. The quantitative estimate of drug-likeness (QED) is 0.132. The molecule has 0 aliphatic rings. The number of hydrogen-bond acceptors (Lipinski definition) is 6. The summed E-state index contributed by atoms with van der Waals surface area (Å²) in [5.41, 5.74) is 5.17. The number of thiophene rings is 1. The SMILES string of the molecule is CCCC(CCC)c1ccc(OCc2ccc(-c3csc(COc4cc(C(=O)O)ccc4NC(=O)CN(C)C)c3)cc2)cc1. The van der Waals surface area contributed by atoms with Crippen LogP contribution in [0, 0.1) is 0 Å². The Morgan fingerprint density at radius 2 is 1.57 bits per heavy atom. The minimum atomic E-state index is -1.06. The van der Waals surface area contributed by atoms with Gasteiger partial charge in [0.15, 0.2) is 0 Å². The fourth-order valence-electron chi connectivity index (χ4n) is 5.08. The summed E-state index contributed by atoms with van der Waals surface area (Å²) in [6, 6.07) is 23.4. The van der Waals surface area contributed by atoms with E-state index >= 15 is 0 Å². The molecule has 7 nitrogen and oxygen atoms in total. The molecule has 8 heteroatoms. The molecule has 0 saturated carbocycles. The van der Waals surface area contributed by atoms with Crippen LogP contribution in [0.15, 0.2) is 78.2 Å². The van der Waals surface area contributed by atoms with Gasteiger partial charge in [-0.25, -0.2) is 4.79 Å². The average Bonchev–Trinajstić information content (AvgIpc) is 3.48. The monoisotopic (exact) mass is 614 g/mol. The van der Waals surface area contributed by atoms with Crippen LogP contribution in [-0.4, -0.2) is 42.5 Å². The van der Waals surface area contributed by atoms with E-state index in [1.807, 2.05) is 0 Å². The molecule has 3 aromatic carbocycles.